The zero-order valence-electron chi connectivity index (χ0n) is 21.3. The molecule has 4 aromatic rings. The summed E-state index contributed by atoms with van der Waals surface area (Å²) in [5.41, 5.74) is 20.1. The van der Waals surface area contributed by atoms with Crippen LogP contribution in [0.4, 0.5) is 5.69 Å². The SMILES string of the molecule is C=C=C.CCc1cc(-c2nnc(CC)n2-c2cccc3c2ncn3C(C)C)c(C)cc1N.CN. The molecule has 0 atom stereocenters. The summed E-state index contributed by atoms with van der Waals surface area (Å²) in [6, 6.07) is 10.8. The number of rotatable bonds is 5. The van der Waals surface area contributed by atoms with Gasteiger partial charge in [-0.2, -0.15) is 0 Å². The third-order valence-electron chi connectivity index (χ3n) is 5.53. The lowest BCUT2D eigenvalue weighted by Crippen LogP contribution is -2.05. The topological polar surface area (TPSA) is 101 Å². The molecule has 2 aromatic heterocycles. The summed E-state index contributed by atoms with van der Waals surface area (Å²) in [5.74, 6) is 1.75. The standard InChI is InChI=1S/C23H28N6.C3H4.CH5N/c1-6-16-12-17(15(5)11-18(16)24)23-27-26-21(7-2)29(23)20-10-8-9-19-22(20)25-13-28(19)14(3)4;1-3-2;1-2/h8-14H,6-7,24H2,1-5H3;1-2H2;2H2,1H3. The molecule has 0 fully saturated rings. The maximum atomic E-state index is 6.21. The zero-order chi connectivity index (χ0) is 25.4. The molecule has 7 nitrogen and oxygen atoms in total. The van der Waals surface area contributed by atoms with Crippen LogP contribution in [0.15, 0.2) is 55.5 Å². The smallest absolute Gasteiger partial charge is 0.168 e. The van der Waals surface area contributed by atoms with Crippen molar-refractivity contribution in [3.8, 4) is 17.1 Å². The molecule has 0 aliphatic carbocycles. The third kappa shape index (κ3) is 5.11. The second-order valence-electron chi connectivity index (χ2n) is 7.99. The zero-order valence-corrected chi connectivity index (χ0v) is 21.3. The van der Waals surface area contributed by atoms with Gasteiger partial charge in [-0.15, -0.1) is 15.9 Å². The summed E-state index contributed by atoms with van der Waals surface area (Å²) < 4.78 is 4.34. The fourth-order valence-corrected chi connectivity index (χ4v) is 3.93. The normalized spacial score (nSPS) is 10.4. The minimum Gasteiger partial charge on any atom is -0.398 e. The van der Waals surface area contributed by atoms with Crippen molar-refractivity contribution in [2.24, 2.45) is 5.73 Å². The summed E-state index contributed by atoms with van der Waals surface area (Å²) in [7, 11) is 1.50. The molecular formula is C27H37N7. The molecule has 0 amide bonds. The number of aryl methyl sites for hydroxylation is 3. The van der Waals surface area contributed by atoms with Crippen molar-refractivity contribution >= 4 is 16.7 Å². The molecule has 2 heterocycles. The lowest BCUT2D eigenvalue weighted by Gasteiger charge is -2.15. The maximum absolute atomic E-state index is 6.21. The fourth-order valence-electron chi connectivity index (χ4n) is 3.93. The van der Waals surface area contributed by atoms with Crippen molar-refractivity contribution in [2.45, 2.75) is 53.5 Å². The van der Waals surface area contributed by atoms with Gasteiger partial charge in [0.2, 0.25) is 0 Å². The highest BCUT2D eigenvalue weighted by Gasteiger charge is 2.20. The van der Waals surface area contributed by atoms with Gasteiger partial charge in [0.15, 0.2) is 5.82 Å². The summed E-state index contributed by atoms with van der Waals surface area (Å²) in [6.45, 7) is 16.9. The van der Waals surface area contributed by atoms with Crippen LogP contribution in [0, 0.1) is 6.92 Å². The summed E-state index contributed by atoms with van der Waals surface area (Å²) in [6.07, 6.45) is 3.57. The van der Waals surface area contributed by atoms with Gasteiger partial charge in [-0.1, -0.05) is 33.1 Å². The molecule has 180 valence electrons. The van der Waals surface area contributed by atoms with Crippen molar-refractivity contribution < 1.29 is 0 Å². The van der Waals surface area contributed by atoms with Crippen LogP contribution < -0.4 is 11.5 Å². The molecular weight excluding hydrogens is 422 g/mol. The molecule has 0 aliphatic heterocycles. The molecule has 0 saturated carbocycles. The highest BCUT2D eigenvalue weighted by molar-refractivity contribution is 5.85. The van der Waals surface area contributed by atoms with Crippen molar-refractivity contribution in [1.29, 1.82) is 0 Å². The van der Waals surface area contributed by atoms with E-state index in [4.69, 9.17) is 10.7 Å². The summed E-state index contributed by atoms with van der Waals surface area (Å²) in [5, 5.41) is 9.09. The van der Waals surface area contributed by atoms with Gasteiger partial charge in [0.25, 0.3) is 0 Å². The van der Waals surface area contributed by atoms with Crippen LogP contribution in [0.25, 0.3) is 28.1 Å². The number of anilines is 1. The molecule has 4 N–H and O–H groups in total. The van der Waals surface area contributed by atoms with Gasteiger partial charge in [-0.3, -0.25) is 4.57 Å². The number of hydrogen-bond acceptors (Lipinski definition) is 5. The van der Waals surface area contributed by atoms with Gasteiger partial charge in [-0.05, 0) is 69.6 Å². The maximum Gasteiger partial charge on any atom is 0.168 e. The average molecular weight is 460 g/mol. The largest absolute Gasteiger partial charge is 0.398 e. The van der Waals surface area contributed by atoms with Gasteiger partial charge in [0.1, 0.15) is 11.3 Å². The molecule has 0 radical (unpaired) electrons. The summed E-state index contributed by atoms with van der Waals surface area (Å²) in [4.78, 5) is 4.74. The molecule has 34 heavy (non-hydrogen) atoms. The minimum absolute atomic E-state index is 0.340. The quantitative estimate of drug-likeness (QED) is 0.307. The fraction of sp³-hybridized carbons (Fsp3) is 0.333. The van der Waals surface area contributed by atoms with Gasteiger partial charge in [0.05, 0.1) is 17.5 Å². The molecule has 7 heteroatoms. The van der Waals surface area contributed by atoms with Crippen LogP contribution >= 0.6 is 0 Å². The first-order valence-corrected chi connectivity index (χ1v) is 11.5. The van der Waals surface area contributed by atoms with E-state index >= 15 is 0 Å². The van der Waals surface area contributed by atoms with E-state index in [0.29, 0.717) is 6.04 Å². The Morgan fingerprint density at radius 2 is 1.74 bits per heavy atom. The number of hydrogen-bond donors (Lipinski definition) is 2. The van der Waals surface area contributed by atoms with Crippen molar-refractivity contribution in [2.75, 3.05) is 12.8 Å². The number of aromatic nitrogens is 5. The van der Waals surface area contributed by atoms with Gasteiger partial charge in [-0.25, -0.2) is 4.98 Å². The van der Waals surface area contributed by atoms with Crippen molar-refractivity contribution in [3.63, 3.8) is 0 Å². The van der Waals surface area contributed by atoms with Crippen LogP contribution in [0.5, 0.6) is 0 Å². The van der Waals surface area contributed by atoms with Gasteiger partial charge < -0.3 is 16.0 Å². The predicted octanol–water partition coefficient (Wildman–Crippen LogP) is 5.41. The van der Waals surface area contributed by atoms with Crippen LogP contribution in [-0.4, -0.2) is 31.4 Å². The molecule has 0 saturated heterocycles. The number of para-hydroxylation sites is 1. The Balaban J connectivity index is 0.000000758. The van der Waals surface area contributed by atoms with E-state index in [9.17, 15) is 0 Å². The van der Waals surface area contributed by atoms with Gasteiger partial charge in [0, 0.05) is 23.7 Å². The molecule has 0 spiro atoms. The number of nitrogens with two attached hydrogens (primary N) is 2. The highest BCUT2D eigenvalue weighted by Crippen LogP contribution is 2.32. The second-order valence-corrected chi connectivity index (χ2v) is 7.99. The first-order chi connectivity index (χ1) is 16.4. The Bertz CT molecular complexity index is 1270. The molecule has 0 aliphatic rings. The Kier molecular flexibility index (Phi) is 9.36. The van der Waals surface area contributed by atoms with E-state index in [2.05, 4.69) is 103 Å². The third-order valence-corrected chi connectivity index (χ3v) is 5.53. The van der Waals surface area contributed by atoms with Gasteiger partial charge >= 0.3 is 0 Å². The lowest BCUT2D eigenvalue weighted by atomic mass is 10.0. The first-order valence-electron chi connectivity index (χ1n) is 11.5. The average Bonchev–Trinajstić information content (AvgIpc) is 3.45. The molecule has 0 bridgehead atoms. The Hall–Kier alpha value is -3.67. The van der Waals surface area contributed by atoms with E-state index in [-0.39, 0.29) is 0 Å². The van der Waals surface area contributed by atoms with E-state index in [1.54, 1.807) is 0 Å². The number of nitrogens with zero attached hydrogens (tertiary/aromatic N) is 5. The number of imidazole rings is 1. The van der Waals surface area contributed by atoms with Crippen LogP contribution in [0.3, 0.4) is 0 Å². The number of benzene rings is 2. The minimum atomic E-state index is 0.340. The highest BCUT2D eigenvalue weighted by atomic mass is 15.3. The first kappa shape index (κ1) is 26.6. The molecule has 4 rings (SSSR count). The molecule has 2 aromatic carbocycles. The summed E-state index contributed by atoms with van der Waals surface area (Å²) >= 11 is 0. The van der Waals surface area contributed by atoms with Crippen LogP contribution in [0.1, 0.15) is 50.7 Å². The predicted molar refractivity (Wildman–Crippen MR) is 143 cm³/mol. The second kappa shape index (κ2) is 12.0. The van der Waals surface area contributed by atoms with E-state index in [0.717, 1.165) is 63.6 Å². The van der Waals surface area contributed by atoms with Crippen LogP contribution in [0.2, 0.25) is 0 Å². The van der Waals surface area contributed by atoms with E-state index in [1.165, 1.54) is 7.05 Å². The lowest BCUT2D eigenvalue weighted by molar-refractivity contribution is 0.617. The number of fused-ring (bicyclic) bond motifs is 1. The Labute approximate surface area is 202 Å². The van der Waals surface area contributed by atoms with E-state index in [1.807, 2.05) is 12.4 Å². The monoisotopic (exact) mass is 459 g/mol. The van der Waals surface area contributed by atoms with Crippen molar-refractivity contribution in [3.05, 3.63) is 72.5 Å². The Morgan fingerprint density at radius 3 is 2.32 bits per heavy atom. The number of nitrogen functional groups attached to an aromatic ring is 1. The van der Waals surface area contributed by atoms with E-state index < -0.39 is 0 Å². The molecule has 0 unspecified atom stereocenters. The van der Waals surface area contributed by atoms with Crippen molar-refractivity contribution in [1.82, 2.24) is 24.3 Å². The Morgan fingerprint density at radius 1 is 1.06 bits per heavy atom. The van der Waals surface area contributed by atoms with Crippen LogP contribution in [-0.2, 0) is 12.8 Å².